The van der Waals surface area contributed by atoms with Crippen molar-refractivity contribution in [3.63, 3.8) is 0 Å². The lowest BCUT2D eigenvalue weighted by Crippen LogP contribution is -2.70. The van der Waals surface area contributed by atoms with Crippen molar-refractivity contribution in [2.75, 3.05) is 26.7 Å². The first-order chi connectivity index (χ1) is 19.7. The molecule has 20 heteroatoms. The number of halogens is 3. The van der Waals surface area contributed by atoms with E-state index in [0.717, 1.165) is 12.6 Å². The Bertz CT molecular complexity index is 885. The molecule has 15 unspecified atom stereocenters. The molecule has 0 spiro atoms. The fourth-order valence-electron chi connectivity index (χ4n) is 5.45. The summed E-state index contributed by atoms with van der Waals surface area (Å²) < 4.78 is 62.9. The lowest BCUT2D eigenvalue weighted by Gasteiger charge is -2.49. The van der Waals surface area contributed by atoms with Gasteiger partial charge in [-0.3, -0.25) is 4.79 Å². The number of carbonyl (C=O) groups excluding carboxylic acids is 1. The molecular formula is C22H40F3N5O12. The zero-order valence-electron chi connectivity index (χ0n) is 22.7. The van der Waals surface area contributed by atoms with Crippen LogP contribution in [0, 0.1) is 0 Å². The highest BCUT2D eigenvalue weighted by atomic mass is 19.2. The molecular weight excluding hydrogens is 583 g/mol. The molecule has 2 saturated heterocycles. The second-order valence-electron chi connectivity index (χ2n) is 10.9. The van der Waals surface area contributed by atoms with E-state index in [1.54, 1.807) is 0 Å². The molecule has 12 N–H and O–H groups in total. The summed E-state index contributed by atoms with van der Waals surface area (Å²) in [6.07, 6.45) is -19.6. The Labute approximate surface area is 238 Å². The highest BCUT2D eigenvalue weighted by Crippen LogP contribution is 2.34. The van der Waals surface area contributed by atoms with Gasteiger partial charge in [0.2, 0.25) is 0 Å². The number of likely N-dealkylation sites (N-methyl/N-ethyl adjacent to an activating group) is 1. The number of hydrogen-bond acceptors (Lipinski definition) is 16. The number of hydrogen-bond donors (Lipinski definition) is 11. The van der Waals surface area contributed by atoms with Gasteiger partial charge in [0.1, 0.15) is 66.6 Å². The zero-order chi connectivity index (χ0) is 31.5. The van der Waals surface area contributed by atoms with Crippen molar-refractivity contribution in [2.45, 2.75) is 105 Å². The summed E-state index contributed by atoms with van der Waals surface area (Å²) in [5, 5.41) is 75.4. The van der Waals surface area contributed by atoms with Crippen molar-refractivity contribution >= 4 is 5.91 Å². The molecule has 0 aromatic carbocycles. The van der Waals surface area contributed by atoms with Gasteiger partial charge in [-0.05, 0) is 13.3 Å². The molecule has 3 rings (SSSR count). The quantitative estimate of drug-likeness (QED) is 0.0958. The third-order valence-corrected chi connectivity index (χ3v) is 7.66. The maximum Gasteiger partial charge on any atom is 0.250 e. The molecule has 246 valence electrons. The van der Waals surface area contributed by atoms with Crippen LogP contribution in [-0.4, -0.2) is 165 Å². The number of aliphatic hydroxyl groups excluding tert-OH is 6. The largest absolute Gasteiger partial charge is 0.388 e. The van der Waals surface area contributed by atoms with Crippen LogP contribution in [-0.2, 0) is 23.7 Å². The third-order valence-electron chi connectivity index (χ3n) is 7.66. The summed E-state index contributed by atoms with van der Waals surface area (Å²) in [6, 6.07) is -4.46. The second kappa shape index (κ2) is 14.6. The van der Waals surface area contributed by atoms with Gasteiger partial charge in [-0.1, -0.05) is 0 Å². The Morgan fingerprint density at radius 3 is 2.24 bits per heavy atom. The van der Waals surface area contributed by atoms with Crippen molar-refractivity contribution < 1.29 is 72.9 Å². The van der Waals surface area contributed by atoms with Crippen LogP contribution in [0.1, 0.15) is 13.3 Å². The third kappa shape index (κ3) is 7.47. The molecule has 0 aromatic heterocycles. The van der Waals surface area contributed by atoms with Gasteiger partial charge in [-0.15, -0.1) is 18.6 Å². The molecule has 42 heavy (non-hydrogen) atoms. The molecule has 17 nitrogen and oxygen atoms in total. The van der Waals surface area contributed by atoms with Crippen LogP contribution in [0.25, 0.3) is 0 Å². The van der Waals surface area contributed by atoms with Crippen LogP contribution in [0.15, 0.2) is 0 Å². The molecule has 15 atom stereocenters. The van der Waals surface area contributed by atoms with E-state index in [9.17, 15) is 54.0 Å². The Morgan fingerprint density at radius 1 is 1.05 bits per heavy atom. The van der Waals surface area contributed by atoms with Gasteiger partial charge in [0.15, 0.2) is 12.6 Å². The first-order valence-corrected chi connectivity index (χ1v) is 13.2. The first-order valence-electron chi connectivity index (χ1n) is 13.2. The van der Waals surface area contributed by atoms with E-state index in [-0.39, 0.29) is 11.7 Å². The number of amides is 1. The van der Waals surface area contributed by atoms with Gasteiger partial charge < -0.3 is 65.7 Å². The normalized spacial score (nSPS) is 45.5. The minimum absolute atomic E-state index is 0.0325. The summed E-state index contributed by atoms with van der Waals surface area (Å²) in [5.74, 6) is -1.16. The summed E-state index contributed by atoms with van der Waals surface area (Å²) in [4.78, 5) is 12.5. The van der Waals surface area contributed by atoms with Gasteiger partial charge in [0.05, 0.1) is 25.2 Å². The van der Waals surface area contributed by atoms with Crippen molar-refractivity contribution in [1.29, 1.82) is 0 Å². The summed E-state index contributed by atoms with van der Waals surface area (Å²) >= 11 is 0. The van der Waals surface area contributed by atoms with E-state index in [1.807, 2.05) is 0 Å². The van der Waals surface area contributed by atoms with Crippen molar-refractivity contribution in [2.24, 2.45) is 5.73 Å². The Balaban J connectivity index is 1.89. The van der Waals surface area contributed by atoms with E-state index in [4.69, 9.17) is 24.7 Å². The van der Waals surface area contributed by atoms with Crippen LogP contribution < -0.4 is 22.1 Å². The smallest absolute Gasteiger partial charge is 0.250 e. The predicted octanol–water partition coefficient (Wildman–Crippen LogP) is -5.90. The fourth-order valence-corrected chi connectivity index (χ4v) is 5.45. The Morgan fingerprint density at radius 2 is 1.67 bits per heavy atom. The Hall–Kier alpha value is -1.34. The average molecular weight is 624 g/mol. The lowest BCUT2D eigenvalue weighted by atomic mass is 9.83. The van der Waals surface area contributed by atoms with Gasteiger partial charge in [0, 0.05) is 13.6 Å². The number of aliphatic hydroxyl groups is 7. The van der Waals surface area contributed by atoms with Crippen molar-refractivity contribution in [1.82, 2.24) is 21.5 Å². The van der Waals surface area contributed by atoms with Gasteiger partial charge in [0.25, 0.3) is 5.91 Å². The van der Waals surface area contributed by atoms with Crippen LogP contribution in [0.4, 0.5) is 13.4 Å². The van der Waals surface area contributed by atoms with Crippen LogP contribution in [0.5, 0.6) is 0 Å². The molecule has 0 aromatic rings. The van der Waals surface area contributed by atoms with E-state index < -0.39 is 117 Å². The molecule has 0 bridgehead atoms. The van der Waals surface area contributed by atoms with E-state index in [2.05, 4.69) is 5.32 Å². The minimum Gasteiger partial charge on any atom is -0.388 e. The minimum atomic E-state index is -1.97. The predicted molar refractivity (Wildman–Crippen MR) is 130 cm³/mol. The molecule has 3 fully saturated rings. The van der Waals surface area contributed by atoms with E-state index in [1.165, 1.54) is 12.5 Å². The molecule has 3 aliphatic rings. The maximum absolute atomic E-state index is 14.2. The Kier molecular flexibility index (Phi) is 12.2. The van der Waals surface area contributed by atoms with Crippen LogP contribution >= 0.6 is 0 Å². The maximum atomic E-state index is 14.2. The summed E-state index contributed by atoms with van der Waals surface area (Å²) in [6.45, 7) is -0.487. The number of nitrogens with zero attached hydrogens (tertiary/aromatic N) is 1. The SMILES string of the molecule is CN(F)C1C(O)C(OC2C(NC(=O)C(O)CNF)CC(NF)C(OC3OC(CN)C(O)C(O)C3O)C2O)OCC1(C)O. The van der Waals surface area contributed by atoms with Crippen LogP contribution in [0.3, 0.4) is 0 Å². The number of ether oxygens (including phenoxy) is 4. The molecule has 2 aliphatic heterocycles. The average Bonchev–Trinajstić information content (AvgIpc) is 2.92. The van der Waals surface area contributed by atoms with E-state index >= 15 is 0 Å². The fraction of sp³-hybridized carbons (Fsp3) is 0.955. The molecule has 2 heterocycles. The van der Waals surface area contributed by atoms with Crippen molar-refractivity contribution in [3.8, 4) is 0 Å². The zero-order valence-corrected chi connectivity index (χ0v) is 22.7. The second-order valence-corrected chi connectivity index (χ2v) is 10.9. The number of nitrogens with two attached hydrogens (primary N) is 1. The molecule has 1 amide bonds. The van der Waals surface area contributed by atoms with Crippen molar-refractivity contribution in [3.05, 3.63) is 0 Å². The number of rotatable bonds is 11. The molecule has 1 aliphatic carbocycles. The topological polar surface area (TPSA) is 261 Å². The number of nitrogens with one attached hydrogen (secondary N) is 3. The van der Waals surface area contributed by atoms with Gasteiger partial charge in [-0.2, -0.15) is 11.1 Å². The lowest BCUT2D eigenvalue weighted by molar-refractivity contribution is -0.338. The highest BCUT2D eigenvalue weighted by Gasteiger charge is 2.55. The molecule has 0 radical (unpaired) electrons. The number of carbonyl (C=O) groups is 1. The van der Waals surface area contributed by atoms with E-state index in [0.29, 0.717) is 0 Å². The van der Waals surface area contributed by atoms with Crippen LogP contribution in [0.2, 0.25) is 0 Å². The highest BCUT2D eigenvalue weighted by molar-refractivity contribution is 5.81. The van der Waals surface area contributed by atoms with Gasteiger partial charge >= 0.3 is 0 Å². The monoisotopic (exact) mass is 623 g/mol. The standard InChI is InChI=1S/C22H40F3N5O12/c1-22(38)6-39-20(15(36)18(22)30(2)25)41-16-7(28-19(37)9(31)5-27-23)3-8(29-24)17(14(16)35)42-21-13(34)12(33)11(32)10(4-26)40-21/h7-18,20-21,27,29,31-36,38H,3-6,26H2,1-2H3,(H,28,37). The summed E-state index contributed by atoms with van der Waals surface area (Å²) in [5.41, 5.74) is 6.13. The summed E-state index contributed by atoms with van der Waals surface area (Å²) in [7, 11) is 0.931. The first kappa shape index (κ1) is 35.1. The van der Waals surface area contributed by atoms with Gasteiger partial charge in [-0.25, -0.2) is 0 Å². The molecule has 1 saturated carbocycles.